The lowest BCUT2D eigenvalue weighted by molar-refractivity contribution is 0.125. The van der Waals surface area contributed by atoms with Gasteiger partial charge in [-0.05, 0) is 30.0 Å². The zero-order valence-electron chi connectivity index (χ0n) is 13.0. The zero-order valence-corrected chi connectivity index (χ0v) is 13.0. The number of rotatable bonds is 8. The number of methoxy groups -OCH3 is 1. The average molecular weight is 277 g/mol. The first-order chi connectivity index (χ1) is 9.54. The van der Waals surface area contributed by atoms with Gasteiger partial charge in [-0.2, -0.15) is 0 Å². The Morgan fingerprint density at radius 1 is 1.40 bits per heavy atom. The van der Waals surface area contributed by atoms with E-state index in [0.29, 0.717) is 12.5 Å². The second-order valence-electron chi connectivity index (χ2n) is 5.31. The van der Waals surface area contributed by atoms with Gasteiger partial charge in [0.1, 0.15) is 5.75 Å². The summed E-state index contributed by atoms with van der Waals surface area (Å²) in [6.07, 6.45) is 2.05. The van der Waals surface area contributed by atoms with Gasteiger partial charge in [0.05, 0.1) is 13.2 Å². The van der Waals surface area contributed by atoms with E-state index in [1.165, 1.54) is 5.56 Å². The molecule has 2 atom stereocenters. The highest BCUT2D eigenvalue weighted by atomic mass is 16.5. The lowest BCUT2D eigenvalue weighted by Crippen LogP contribution is -2.34. The van der Waals surface area contributed by atoms with E-state index in [1.807, 2.05) is 12.1 Å². The zero-order chi connectivity index (χ0) is 15.1. The van der Waals surface area contributed by atoms with Crippen molar-refractivity contribution in [2.24, 2.45) is 0 Å². The summed E-state index contributed by atoms with van der Waals surface area (Å²) in [5.74, 6) is 1.16. The number of hydrogen-bond donors (Lipinski definition) is 2. The van der Waals surface area contributed by atoms with Crippen molar-refractivity contribution in [3.05, 3.63) is 42.0 Å². The molecule has 0 heterocycles. The summed E-state index contributed by atoms with van der Waals surface area (Å²) < 4.78 is 5.39. The van der Waals surface area contributed by atoms with Crippen molar-refractivity contribution in [1.29, 1.82) is 0 Å². The molecular formula is C17H27NO2. The number of nitrogens with one attached hydrogen (secondary N) is 1. The van der Waals surface area contributed by atoms with Crippen molar-refractivity contribution in [3.63, 3.8) is 0 Å². The molecule has 0 aromatic heterocycles. The summed E-state index contributed by atoms with van der Waals surface area (Å²) >= 11 is 0. The molecule has 0 aliphatic heterocycles. The van der Waals surface area contributed by atoms with Gasteiger partial charge in [0.25, 0.3) is 0 Å². The van der Waals surface area contributed by atoms with Gasteiger partial charge in [0.15, 0.2) is 0 Å². The van der Waals surface area contributed by atoms with E-state index in [9.17, 15) is 5.11 Å². The Labute approximate surface area is 122 Å². The van der Waals surface area contributed by atoms with Crippen molar-refractivity contribution in [3.8, 4) is 5.75 Å². The molecule has 1 aromatic carbocycles. The van der Waals surface area contributed by atoms with Crippen LogP contribution in [0.15, 0.2) is 30.9 Å². The standard InChI is InChI=1S/C17H27NO2/c1-6-10-18-15(7-2)17(19)14-11-13(12(3)4)8-9-16(14)20-5/h6,8-9,11-12,15,17-19H,1,7,10H2,2-5H3. The molecule has 0 saturated carbocycles. The van der Waals surface area contributed by atoms with Crippen LogP contribution in [0, 0.1) is 0 Å². The molecule has 2 unspecified atom stereocenters. The number of aliphatic hydroxyl groups excluding tert-OH is 1. The minimum absolute atomic E-state index is 0.00990. The minimum atomic E-state index is -0.589. The van der Waals surface area contributed by atoms with Crippen molar-refractivity contribution in [2.75, 3.05) is 13.7 Å². The van der Waals surface area contributed by atoms with Crippen LogP contribution in [-0.4, -0.2) is 24.8 Å². The van der Waals surface area contributed by atoms with Gasteiger partial charge in [0, 0.05) is 18.2 Å². The maximum absolute atomic E-state index is 10.6. The van der Waals surface area contributed by atoms with Crippen LogP contribution in [-0.2, 0) is 0 Å². The summed E-state index contributed by atoms with van der Waals surface area (Å²) in [6.45, 7) is 10.7. The fourth-order valence-corrected chi connectivity index (χ4v) is 2.27. The van der Waals surface area contributed by atoms with Crippen LogP contribution in [0.4, 0.5) is 0 Å². The third-order valence-corrected chi connectivity index (χ3v) is 3.58. The Morgan fingerprint density at radius 3 is 2.60 bits per heavy atom. The molecule has 0 bridgehead atoms. The molecule has 112 valence electrons. The van der Waals surface area contributed by atoms with E-state index in [2.05, 4.69) is 38.7 Å². The van der Waals surface area contributed by atoms with Gasteiger partial charge < -0.3 is 15.2 Å². The van der Waals surface area contributed by atoms with Crippen LogP contribution in [0.25, 0.3) is 0 Å². The van der Waals surface area contributed by atoms with Crippen molar-refractivity contribution in [1.82, 2.24) is 5.32 Å². The quantitative estimate of drug-likeness (QED) is 0.716. The van der Waals surface area contributed by atoms with Crippen molar-refractivity contribution >= 4 is 0 Å². The first-order valence-corrected chi connectivity index (χ1v) is 7.25. The van der Waals surface area contributed by atoms with E-state index in [4.69, 9.17) is 4.74 Å². The summed E-state index contributed by atoms with van der Waals surface area (Å²) in [7, 11) is 1.64. The van der Waals surface area contributed by atoms with Crippen LogP contribution in [0.5, 0.6) is 5.75 Å². The Balaban J connectivity index is 3.06. The monoisotopic (exact) mass is 277 g/mol. The van der Waals surface area contributed by atoms with Gasteiger partial charge >= 0.3 is 0 Å². The molecule has 1 rings (SSSR count). The van der Waals surface area contributed by atoms with Gasteiger partial charge in [-0.1, -0.05) is 32.9 Å². The molecule has 0 aliphatic rings. The summed E-state index contributed by atoms with van der Waals surface area (Å²) in [6, 6.07) is 6.03. The van der Waals surface area contributed by atoms with Crippen LogP contribution in [0.2, 0.25) is 0 Å². The van der Waals surface area contributed by atoms with Gasteiger partial charge in [-0.3, -0.25) is 0 Å². The molecule has 20 heavy (non-hydrogen) atoms. The first-order valence-electron chi connectivity index (χ1n) is 7.25. The van der Waals surface area contributed by atoms with Gasteiger partial charge in [-0.15, -0.1) is 6.58 Å². The fourth-order valence-electron chi connectivity index (χ4n) is 2.27. The summed E-state index contributed by atoms with van der Waals surface area (Å²) in [5, 5.41) is 13.9. The SMILES string of the molecule is C=CCNC(CC)C(O)c1cc(C(C)C)ccc1OC. The maximum atomic E-state index is 10.6. The molecule has 0 aliphatic carbocycles. The second-order valence-corrected chi connectivity index (χ2v) is 5.31. The first kappa shape index (κ1) is 16.7. The van der Waals surface area contributed by atoms with Crippen LogP contribution in [0.3, 0.4) is 0 Å². The number of aliphatic hydroxyl groups is 1. The van der Waals surface area contributed by atoms with Crippen LogP contribution < -0.4 is 10.1 Å². The van der Waals surface area contributed by atoms with Gasteiger partial charge in [0.2, 0.25) is 0 Å². The highest BCUT2D eigenvalue weighted by molar-refractivity contribution is 5.40. The number of benzene rings is 1. The molecular weight excluding hydrogens is 250 g/mol. The van der Waals surface area contributed by atoms with E-state index in [-0.39, 0.29) is 6.04 Å². The van der Waals surface area contributed by atoms with E-state index in [0.717, 1.165) is 17.7 Å². The van der Waals surface area contributed by atoms with Crippen LogP contribution in [0.1, 0.15) is 50.3 Å². The second kappa shape index (κ2) is 8.08. The lowest BCUT2D eigenvalue weighted by atomic mass is 9.94. The number of ether oxygens (including phenoxy) is 1. The number of hydrogen-bond acceptors (Lipinski definition) is 3. The third-order valence-electron chi connectivity index (χ3n) is 3.58. The van der Waals surface area contributed by atoms with Crippen molar-refractivity contribution < 1.29 is 9.84 Å². The Kier molecular flexibility index (Phi) is 6.76. The Morgan fingerprint density at radius 2 is 2.10 bits per heavy atom. The maximum Gasteiger partial charge on any atom is 0.124 e. The highest BCUT2D eigenvalue weighted by Gasteiger charge is 2.22. The van der Waals surface area contributed by atoms with E-state index >= 15 is 0 Å². The molecule has 0 radical (unpaired) electrons. The summed E-state index contributed by atoms with van der Waals surface area (Å²) in [4.78, 5) is 0. The van der Waals surface area contributed by atoms with E-state index < -0.39 is 6.10 Å². The normalized spacial score (nSPS) is 14.1. The largest absolute Gasteiger partial charge is 0.496 e. The van der Waals surface area contributed by atoms with Gasteiger partial charge in [-0.25, -0.2) is 0 Å². The van der Waals surface area contributed by atoms with Crippen LogP contribution >= 0.6 is 0 Å². The van der Waals surface area contributed by atoms with E-state index in [1.54, 1.807) is 13.2 Å². The fraction of sp³-hybridized carbons (Fsp3) is 0.529. The molecule has 3 heteroatoms. The predicted octanol–water partition coefficient (Wildman–Crippen LogP) is 3.41. The Hall–Kier alpha value is -1.32. The molecule has 1 aromatic rings. The smallest absolute Gasteiger partial charge is 0.124 e. The summed E-state index contributed by atoms with van der Waals surface area (Å²) in [5.41, 5.74) is 2.06. The predicted molar refractivity (Wildman–Crippen MR) is 84.3 cm³/mol. The minimum Gasteiger partial charge on any atom is -0.496 e. The average Bonchev–Trinajstić information content (AvgIpc) is 2.46. The topological polar surface area (TPSA) is 41.5 Å². The van der Waals surface area contributed by atoms with Crippen molar-refractivity contribution in [2.45, 2.75) is 45.3 Å². The molecule has 2 N–H and O–H groups in total. The molecule has 0 amide bonds. The third kappa shape index (κ3) is 4.09. The molecule has 0 spiro atoms. The molecule has 0 saturated heterocycles. The molecule has 3 nitrogen and oxygen atoms in total. The Bertz CT molecular complexity index is 429. The highest BCUT2D eigenvalue weighted by Crippen LogP contribution is 2.31. The lowest BCUT2D eigenvalue weighted by Gasteiger charge is -2.25. The molecule has 0 fully saturated rings.